The molecular weight excluding hydrogens is 385 g/mol. The van der Waals surface area contributed by atoms with Crippen LogP contribution in [0, 0.1) is 11.6 Å². The van der Waals surface area contributed by atoms with Gasteiger partial charge in [0.05, 0.1) is 4.47 Å². The van der Waals surface area contributed by atoms with Gasteiger partial charge in [0.15, 0.2) is 0 Å². The smallest absolute Gasteiger partial charge is 0.145 e. The van der Waals surface area contributed by atoms with Crippen LogP contribution in [0.15, 0.2) is 29.3 Å². The van der Waals surface area contributed by atoms with E-state index in [0.717, 1.165) is 26.2 Å². The number of piperazine rings is 1. The van der Waals surface area contributed by atoms with E-state index in [1.807, 2.05) is 0 Å². The van der Waals surface area contributed by atoms with Gasteiger partial charge in [-0.05, 0) is 34.5 Å². The molecule has 1 saturated heterocycles. The van der Waals surface area contributed by atoms with Gasteiger partial charge in [-0.15, -0.1) is 31.4 Å². The third-order valence-corrected chi connectivity index (χ3v) is 4.01. The minimum atomic E-state index is -0.509. The van der Waals surface area contributed by atoms with E-state index in [1.54, 1.807) is 6.08 Å². The molecule has 0 radical (unpaired) electrons. The first-order valence-electron chi connectivity index (χ1n) is 6.34. The molecule has 1 aromatic rings. The lowest BCUT2D eigenvalue weighted by Crippen LogP contribution is -2.45. The van der Waals surface area contributed by atoms with Gasteiger partial charge in [0, 0.05) is 37.8 Å². The van der Waals surface area contributed by atoms with Crippen molar-refractivity contribution in [1.82, 2.24) is 10.2 Å². The topological polar surface area (TPSA) is 15.3 Å². The van der Waals surface area contributed by atoms with E-state index >= 15 is 0 Å². The maximum absolute atomic E-state index is 14.2. The highest BCUT2D eigenvalue weighted by molar-refractivity contribution is 9.10. The Morgan fingerprint density at radius 2 is 1.90 bits per heavy atom. The van der Waals surface area contributed by atoms with Crippen LogP contribution < -0.4 is 5.32 Å². The zero-order valence-corrected chi connectivity index (χ0v) is 14.7. The lowest BCUT2D eigenvalue weighted by molar-refractivity contribution is 0.167. The number of benzene rings is 1. The van der Waals surface area contributed by atoms with Gasteiger partial charge in [-0.1, -0.05) is 6.08 Å². The maximum Gasteiger partial charge on any atom is 0.145 e. The zero-order chi connectivity index (χ0) is 13.8. The second-order valence-corrected chi connectivity index (χ2v) is 5.44. The Hall–Kier alpha value is -0.200. The third kappa shape index (κ3) is 4.89. The number of hydrogen-bond acceptors (Lipinski definition) is 2. The van der Waals surface area contributed by atoms with Crippen molar-refractivity contribution in [3.63, 3.8) is 0 Å². The van der Waals surface area contributed by atoms with Crippen LogP contribution in [0.25, 0.3) is 0 Å². The van der Waals surface area contributed by atoms with Gasteiger partial charge in [0.2, 0.25) is 0 Å². The van der Waals surface area contributed by atoms with Gasteiger partial charge in [-0.25, -0.2) is 8.78 Å². The van der Waals surface area contributed by atoms with Gasteiger partial charge in [-0.3, -0.25) is 4.90 Å². The van der Waals surface area contributed by atoms with Crippen LogP contribution in [0.3, 0.4) is 0 Å². The van der Waals surface area contributed by atoms with Gasteiger partial charge in [0.25, 0.3) is 0 Å². The SMILES string of the molecule is C=CC[C@@H](c1c(F)ccc(Br)c1F)N1CCNCC1.Cl.Cl. The van der Waals surface area contributed by atoms with Crippen molar-refractivity contribution < 1.29 is 8.78 Å². The molecule has 2 rings (SSSR count). The first-order chi connectivity index (χ1) is 9.15. The standard InChI is InChI=1S/C14H17BrF2N2.2ClH/c1-2-3-12(19-8-6-18-7-9-19)13-11(16)5-4-10(15)14(13)17;;/h2,4-5,12,18H,1,3,6-9H2;2*1H/t12-;;/m0../s1. The lowest BCUT2D eigenvalue weighted by Gasteiger charge is -2.35. The van der Waals surface area contributed by atoms with Crippen molar-refractivity contribution in [2.75, 3.05) is 26.2 Å². The molecule has 0 unspecified atom stereocenters. The Morgan fingerprint density at radius 1 is 1.29 bits per heavy atom. The molecular formula is C14H19BrCl2F2N2. The average molecular weight is 404 g/mol. The van der Waals surface area contributed by atoms with Crippen LogP contribution in [0.4, 0.5) is 8.78 Å². The molecule has 0 aliphatic carbocycles. The molecule has 1 aliphatic rings. The minimum Gasteiger partial charge on any atom is -0.314 e. The van der Waals surface area contributed by atoms with Crippen LogP contribution >= 0.6 is 40.7 Å². The molecule has 120 valence electrons. The van der Waals surface area contributed by atoms with Crippen LogP contribution in [0.2, 0.25) is 0 Å². The van der Waals surface area contributed by atoms with E-state index in [2.05, 4.69) is 32.7 Å². The van der Waals surface area contributed by atoms with Gasteiger partial charge in [0.1, 0.15) is 11.6 Å². The Balaban J connectivity index is 0.00000200. The molecule has 0 bridgehead atoms. The zero-order valence-electron chi connectivity index (χ0n) is 11.4. The van der Waals surface area contributed by atoms with Gasteiger partial charge in [-0.2, -0.15) is 0 Å². The second kappa shape index (κ2) is 9.74. The lowest BCUT2D eigenvalue weighted by atomic mass is 10.00. The first-order valence-corrected chi connectivity index (χ1v) is 7.13. The highest BCUT2D eigenvalue weighted by Gasteiger charge is 2.27. The summed E-state index contributed by atoms with van der Waals surface area (Å²) >= 11 is 3.13. The van der Waals surface area contributed by atoms with Crippen LogP contribution in [0.5, 0.6) is 0 Å². The van der Waals surface area contributed by atoms with Gasteiger partial charge >= 0.3 is 0 Å². The molecule has 0 spiro atoms. The van der Waals surface area contributed by atoms with Crippen molar-refractivity contribution in [3.05, 3.63) is 46.5 Å². The van der Waals surface area contributed by atoms with Crippen molar-refractivity contribution in [3.8, 4) is 0 Å². The van der Waals surface area contributed by atoms with Crippen molar-refractivity contribution in [2.24, 2.45) is 0 Å². The van der Waals surface area contributed by atoms with Crippen molar-refractivity contribution in [1.29, 1.82) is 0 Å². The summed E-state index contributed by atoms with van der Waals surface area (Å²) in [5.74, 6) is -1.00. The Bertz CT molecular complexity index is 469. The van der Waals surface area contributed by atoms with Crippen LogP contribution in [0.1, 0.15) is 18.0 Å². The molecule has 21 heavy (non-hydrogen) atoms. The summed E-state index contributed by atoms with van der Waals surface area (Å²) in [6.45, 7) is 6.94. The number of hydrogen-bond donors (Lipinski definition) is 1. The molecule has 1 fully saturated rings. The predicted octanol–water partition coefficient (Wildman–Crippen LogP) is 4.09. The number of nitrogens with one attached hydrogen (secondary N) is 1. The summed E-state index contributed by atoms with van der Waals surface area (Å²) in [6.07, 6.45) is 2.25. The number of nitrogens with zero attached hydrogens (tertiary/aromatic N) is 1. The molecule has 1 aliphatic heterocycles. The summed E-state index contributed by atoms with van der Waals surface area (Å²) in [5, 5.41) is 3.24. The Kier molecular flexibility index (Phi) is 9.65. The normalized spacial score (nSPS) is 16.5. The molecule has 7 heteroatoms. The van der Waals surface area contributed by atoms with Crippen LogP contribution in [-0.4, -0.2) is 31.1 Å². The van der Waals surface area contributed by atoms with E-state index < -0.39 is 11.6 Å². The summed E-state index contributed by atoms with van der Waals surface area (Å²) in [6, 6.07) is 2.41. The fourth-order valence-corrected chi connectivity index (χ4v) is 2.80. The van der Waals surface area contributed by atoms with E-state index in [-0.39, 0.29) is 36.4 Å². The molecule has 2 nitrogen and oxygen atoms in total. The van der Waals surface area contributed by atoms with E-state index in [9.17, 15) is 8.78 Å². The summed E-state index contributed by atoms with van der Waals surface area (Å²) in [4.78, 5) is 2.10. The highest BCUT2D eigenvalue weighted by atomic mass is 79.9. The van der Waals surface area contributed by atoms with E-state index in [1.165, 1.54) is 12.1 Å². The fraction of sp³-hybridized carbons (Fsp3) is 0.429. The summed E-state index contributed by atoms with van der Waals surface area (Å²) in [7, 11) is 0. The largest absolute Gasteiger partial charge is 0.314 e. The molecule has 0 aromatic heterocycles. The van der Waals surface area contributed by atoms with E-state index in [0.29, 0.717) is 10.9 Å². The summed E-state index contributed by atoms with van der Waals surface area (Å²) < 4.78 is 28.5. The monoisotopic (exact) mass is 402 g/mol. The Labute approximate surface area is 144 Å². The fourth-order valence-electron chi connectivity index (χ4n) is 2.45. The predicted molar refractivity (Wildman–Crippen MR) is 90.6 cm³/mol. The molecule has 0 amide bonds. The number of halogens is 5. The molecule has 1 heterocycles. The molecule has 1 aromatic carbocycles. The highest BCUT2D eigenvalue weighted by Crippen LogP contribution is 2.32. The van der Waals surface area contributed by atoms with E-state index in [4.69, 9.17) is 0 Å². The molecule has 0 saturated carbocycles. The average Bonchev–Trinajstić information content (AvgIpc) is 2.43. The van der Waals surface area contributed by atoms with Gasteiger partial charge < -0.3 is 5.32 Å². The van der Waals surface area contributed by atoms with Crippen molar-refractivity contribution >= 4 is 40.7 Å². The second-order valence-electron chi connectivity index (χ2n) is 4.58. The van der Waals surface area contributed by atoms with Crippen molar-refractivity contribution in [2.45, 2.75) is 12.5 Å². The molecule has 1 atom stereocenters. The molecule has 1 N–H and O–H groups in total. The third-order valence-electron chi connectivity index (χ3n) is 3.39. The first kappa shape index (κ1) is 20.8. The Morgan fingerprint density at radius 3 is 2.48 bits per heavy atom. The quantitative estimate of drug-likeness (QED) is 0.601. The number of rotatable bonds is 4. The minimum absolute atomic E-state index is 0. The van der Waals surface area contributed by atoms with Crippen LogP contribution in [-0.2, 0) is 0 Å². The maximum atomic E-state index is 14.2. The summed E-state index contributed by atoms with van der Waals surface area (Å²) in [5.41, 5.74) is 0.135.